The molecule has 1 saturated carbocycles. The molecule has 3 N–H and O–H groups in total. The molecule has 0 aromatic heterocycles. The Morgan fingerprint density at radius 3 is 2.67 bits per heavy atom. The highest BCUT2D eigenvalue weighted by atomic mass is 16.5. The van der Waals surface area contributed by atoms with Gasteiger partial charge in [-0.3, -0.25) is 4.79 Å². The van der Waals surface area contributed by atoms with Gasteiger partial charge in [0.2, 0.25) is 5.91 Å². The van der Waals surface area contributed by atoms with Crippen LogP contribution < -0.4 is 11.1 Å². The summed E-state index contributed by atoms with van der Waals surface area (Å²) < 4.78 is 5.14. The van der Waals surface area contributed by atoms with Gasteiger partial charge in [0.25, 0.3) is 0 Å². The van der Waals surface area contributed by atoms with Crippen molar-refractivity contribution in [1.29, 1.82) is 0 Å². The van der Waals surface area contributed by atoms with E-state index in [0.29, 0.717) is 26.2 Å². The van der Waals surface area contributed by atoms with Gasteiger partial charge in [0.1, 0.15) is 0 Å². The predicted octanol–water partition coefficient (Wildman–Crippen LogP) is 0.801. The van der Waals surface area contributed by atoms with Crippen molar-refractivity contribution >= 4 is 5.91 Å². The second kappa shape index (κ2) is 6.08. The Labute approximate surface area is 91.5 Å². The first kappa shape index (κ1) is 12.5. The van der Waals surface area contributed by atoms with Gasteiger partial charge in [-0.1, -0.05) is 12.8 Å². The summed E-state index contributed by atoms with van der Waals surface area (Å²) in [7, 11) is 0. The van der Waals surface area contributed by atoms with Crippen molar-refractivity contribution in [2.45, 2.75) is 44.6 Å². The fourth-order valence-electron chi connectivity index (χ4n) is 2.10. The molecule has 0 spiro atoms. The van der Waals surface area contributed by atoms with Crippen molar-refractivity contribution in [2.24, 2.45) is 5.73 Å². The standard InChI is InChI=1S/C11H22N2O2/c1-2-15-8-5-10(14)13-11(9-12)6-3-4-7-11/h2-9,12H2,1H3,(H,13,14). The molecule has 1 fully saturated rings. The summed E-state index contributed by atoms with van der Waals surface area (Å²) in [5.74, 6) is 0.0656. The van der Waals surface area contributed by atoms with Crippen LogP contribution in [0, 0.1) is 0 Å². The summed E-state index contributed by atoms with van der Waals surface area (Å²) in [6.45, 7) is 3.64. The molecule has 4 heteroatoms. The quantitative estimate of drug-likeness (QED) is 0.643. The third-order valence-corrected chi connectivity index (χ3v) is 3.03. The largest absolute Gasteiger partial charge is 0.381 e. The molecule has 1 rings (SSSR count). The molecule has 15 heavy (non-hydrogen) atoms. The second-order valence-corrected chi connectivity index (χ2v) is 4.19. The van der Waals surface area contributed by atoms with Crippen LogP contribution >= 0.6 is 0 Å². The van der Waals surface area contributed by atoms with Gasteiger partial charge in [0.05, 0.1) is 12.1 Å². The van der Waals surface area contributed by atoms with E-state index in [1.165, 1.54) is 12.8 Å². The maximum absolute atomic E-state index is 11.6. The Balaban J connectivity index is 2.28. The summed E-state index contributed by atoms with van der Waals surface area (Å²) in [6.07, 6.45) is 4.81. The number of hydrogen-bond donors (Lipinski definition) is 2. The summed E-state index contributed by atoms with van der Waals surface area (Å²) in [5.41, 5.74) is 5.60. The molecule has 0 bridgehead atoms. The molecule has 1 aliphatic rings. The van der Waals surface area contributed by atoms with Gasteiger partial charge in [-0.15, -0.1) is 0 Å². The number of amides is 1. The van der Waals surface area contributed by atoms with Crippen LogP contribution in [0.4, 0.5) is 0 Å². The third-order valence-electron chi connectivity index (χ3n) is 3.03. The van der Waals surface area contributed by atoms with Crippen molar-refractivity contribution in [2.75, 3.05) is 19.8 Å². The fraction of sp³-hybridized carbons (Fsp3) is 0.909. The topological polar surface area (TPSA) is 64.3 Å². The lowest BCUT2D eigenvalue weighted by Crippen LogP contribution is -2.51. The number of rotatable bonds is 6. The van der Waals surface area contributed by atoms with Gasteiger partial charge in [-0.05, 0) is 19.8 Å². The lowest BCUT2D eigenvalue weighted by molar-refractivity contribution is -0.123. The molecular formula is C11H22N2O2. The Bertz CT molecular complexity index is 201. The molecule has 88 valence electrons. The first-order valence-corrected chi connectivity index (χ1v) is 5.81. The van der Waals surface area contributed by atoms with Crippen molar-refractivity contribution < 1.29 is 9.53 Å². The van der Waals surface area contributed by atoms with E-state index >= 15 is 0 Å². The fourth-order valence-corrected chi connectivity index (χ4v) is 2.10. The van der Waals surface area contributed by atoms with Crippen LogP contribution in [0.1, 0.15) is 39.0 Å². The molecule has 0 radical (unpaired) electrons. The minimum absolute atomic E-state index is 0.0656. The number of ether oxygens (including phenoxy) is 1. The van der Waals surface area contributed by atoms with Crippen LogP contribution in [0.15, 0.2) is 0 Å². The highest BCUT2D eigenvalue weighted by Crippen LogP contribution is 2.28. The highest BCUT2D eigenvalue weighted by Gasteiger charge is 2.33. The van der Waals surface area contributed by atoms with Crippen molar-refractivity contribution in [3.8, 4) is 0 Å². The number of nitrogens with two attached hydrogens (primary N) is 1. The molecule has 1 aliphatic carbocycles. The van der Waals surface area contributed by atoms with Crippen molar-refractivity contribution in [1.82, 2.24) is 5.32 Å². The highest BCUT2D eigenvalue weighted by molar-refractivity contribution is 5.77. The van der Waals surface area contributed by atoms with Crippen LogP contribution in [0.25, 0.3) is 0 Å². The lowest BCUT2D eigenvalue weighted by Gasteiger charge is -2.28. The van der Waals surface area contributed by atoms with E-state index < -0.39 is 0 Å². The SMILES string of the molecule is CCOCCC(=O)NC1(CN)CCCC1. The minimum atomic E-state index is -0.122. The third kappa shape index (κ3) is 3.80. The summed E-state index contributed by atoms with van der Waals surface area (Å²) in [5, 5.41) is 3.06. The maximum Gasteiger partial charge on any atom is 0.222 e. The average molecular weight is 214 g/mol. The lowest BCUT2D eigenvalue weighted by atomic mass is 9.98. The molecule has 0 unspecified atom stereocenters. The predicted molar refractivity (Wildman–Crippen MR) is 59.5 cm³/mol. The van der Waals surface area contributed by atoms with E-state index in [4.69, 9.17) is 10.5 Å². The van der Waals surface area contributed by atoms with E-state index in [2.05, 4.69) is 5.32 Å². The Hall–Kier alpha value is -0.610. The van der Waals surface area contributed by atoms with Crippen LogP contribution in [0.2, 0.25) is 0 Å². The Morgan fingerprint density at radius 1 is 1.47 bits per heavy atom. The van der Waals surface area contributed by atoms with Crippen molar-refractivity contribution in [3.05, 3.63) is 0 Å². The molecule has 0 aromatic rings. The first-order chi connectivity index (χ1) is 7.22. The van der Waals surface area contributed by atoms with Crippen molar-refractivity contribution in [3.63, 3.8) is 0 Å². The number of nitrogens with one attached hydrogen (secondary N) is 1. The van der Waals surface area contributed by atoms with E-state index in [1.807, 2.05) is 6.92 Å². The molecule has 1 amide bonds. The van der Waals surface area contributed by atoms with E-state index in [-0.39, 0.29) is 11.4 Å². The molecular weight excluding hydrogens is 192 g/mol. The number of hydrogen-bond acceptors (Lipinski definition) is 3. The van der Waals surface area contributed by atoms with Crippen LogP contribution in [-0.2, 0) is 9.53 Å². The van der Waals surface area contributed by atoms with Crippen LogP contribution in [-0.4, -0.2) is 31.2 Å². The Kier molecular flexibility index (Phi) is 5.05. The molecule has 0 saturated heterocycles. The molecule has 0 atom stereocenters. The van der Waals surface area contributed by atoms with Gasteiger partial charge in [0, 0.05) is 19.6 Å². The minimum Gasteiger partial charge on any atom is -0.381 e. The molecule has 0 aliphatic heterocycles. The zero-order chi connectivity index (χ0) is 11.1. The van der Waals surface area contributed by atoms with E-state index in [0.717, 1.165) is 12.8 Å². The van der Waals surface area contributed by atoms with E-state index in [1.54, 1.807) is 0 Å². The van der Waals surface area contributed by atoms with Gasteiger partial charge >= 0.3 is 0 Å². The monoisotopic (exact) mass is 214 g/mol. The number of carbonyl (C=O) groups is 1. The zero-order valence-corrected chi connectivity index (χ0v) is 9.55. The summed E-state index contributed by atoms with van der Waals surface area (Å²) in [4.78, 5) is 11.6. The van der Waals surface area contributed by atoms with Gasteiger partial charge in [-0.2, -0.15) is 0 Å². The first-order valence-electron chi connectivity index (χ1n) is 5.81. The summed E-state index contributed by atoms with van der Waals surface area (Å²) in [6, 6.07) is 0. The maximum atomic E-state index is 11.6. The van der Waals surface area contributed by atoms with Crippen LogP contribution in [0.3, 0.4) is 0 Å². The normalized spacial score (nSPS) is 19.1. The number of carbonyl (C=O) groups excluding carboxylic acids is 1. The molecule has 4 nitrogen and oxygen atoms in total. The second-order valence-electron chi connectivity index (χ2n) is 4.19. The summed E-state index contributed by atoms with van der Waals surface area (Å²) >= 11 is 0. The Morgan fingerprint density at radius 2 is 2.13 bits per heavy atom. The van der Waals surface area contributed by atoms with Gasteiger partial charge in [-0.25, -0.2) is 0 Å². The average Bonchev–Trinajstić information content (AvgIpc) is 2.67. The molecule has 0 heterocycles. The van der Waals surface area contributed by atoms with Gasteiger partial charge in [0.15, 0.2) is 0 Å². The zero-order valence-electron chi connectivity index (χ0n) is 9.55. The van der Waals surface area contributed by atoms with Crippen LogP contribution in [0.5, 0.6) is 0 Å². The van der Waals surface area contributed by atoms with E-state index in [9.17, 15) is 4.79 Å². The van der Waals surface area contributed by atoms with Gasteiger partial charge < -0.3 is 15.8 Å². The smallest absolute Gasteiger partial charge is 0.222 e. The molecule has 0 aromatic carbocycles.